The third-order valence-electron chi connectivity index (χ3n) is 9.08. The van der Waals surface area contributed by atoms with Gasteiger partial charge < -0.3 is 29.3 Å². The van der Waals surface area contributed by atoms with Crippen LogP contribution in [0.15, 0.2) is 41.8 Å². The number of piperidine rings is 1. The van der Waals surface area contributed by atoms with Crippen LogP contribution in [0, 0.1) is 36.0 Å². The molecule has 0 radical (unpaired) electrons. The van der Waals surface area contributed by atoms with Crippen molar-refractivity contribution in [2.75, 3.05) is 51.4 Å². The second kappa shape index (κ2) is 13.3. The fourth-order valence-corrected chi connectivity index (χ4v) is 7.83. The number of aliphatic hydroxyl groups is 2. The first kappa shape index (κ1) is 30.0. The van der Waals surface area contributed by atoms with Gasteiger partial charge in [0.1, 0.15) is 12.4 Å². The van der Waals surface area contributed by atoms with E-state index < -0.39 is 6.29 Å². The van der Waals surface area contributed by atoms with Crippen molar-refractivity contribution in [3.05, 3.63) is 64.0 Å². The Balaban J connectivity index is 1.14. The van der Waals surface area contributed by atoms with Gasteiger partial charge in [-0.15, -0.1) is 11.3 Å². The van der Waals surface area contributed by atoms with E-state index in [0.717, 1.165) is 84.4 Å². The Hall–Kier alpha value is -3.04. The highest BCUT2D eigenvalue weighted by molar-refractivity contribution is 7.14. The summed E-state index contributed by atoms with van der Waals surface area (Å²) in [5.74, 6) is 1.26. The first-order valence-electron chi connectivity index (χ1n) is 15.1. The van der Waals surface area contributed by atoms with E-state index in [2.05, 4.69) is 40.3 Å². The van der Waals surface area contributed by atoms with Gasteiger partial charge in [0.15, 0.2) is 11.4 Å². The summed E-state index contributed by atoms with van der Waals surface area (Å²) in [6, 6.07) is 14.5. The van der Waals surface area contributed by atoms with E-state index in [1.54, 1.807) is 18.4 Å². The Morgan fingerprint density at radius 2 is 1.95 bits per heavy atom. The number of rotatable bonds is 10. The Morgan fingerprint density at radius 3 is 2.70 bits per heavy atom. The molecule has 2 bridgehead atoms. The lowest BCUT2D eigenvalue weighted by Crippen LogP contribution is -2.46. The highest BCUT2D eigenvalue weighted by Crippen LogP contribution is 2.45. The van der Waals surface area contributed by atoms with Crippen LogP contribution in [0.5, 0.6) is 5.75 Å². The maximum atomic E-state index is 9.95. The smallest absolute Gasteiger partial charge is 0.185 e. The van der Waals surface area contributed by atoms with Crippen molar-refractivity contribution >= 4 is 16.5 Å². The normalized spacial score (nSPS) is 24.0. The van der Waals surface area contributed by atoms with Gasteiger partial charge in [-0.3, -0.25) is 4.90 Å². The standard InChI is InChI=1S/C33H40N4O5S/c1-21-3-8-30(28(11-21)29-20-43-33(35-29)37-15-23-6-7-24(16-37)31(23)32(38)39)42-18-25-5-4-22(12-26(25)13-34)14-36-9-10-41-27(17-36)19-40-2/h3-5,8,11-12,20,23-24,27,31-32,38-39H,6-7,9-10,14-19H2,1-2H3/t23-,24-,27?/m0/s1. The summed E-state index contributed by atoms with van der Waals surface area (Å²) in [7, 11) is 1.69. The minimum absolute atomic E-state index is 0.0348. The van der Waals surface area contributed by atoms with Crippen molar-refractivity contribution in [2.24, 2.45) is 17.8 Å². The lowest BCUT2D eigenvalue weighted by molar-refractivity contribution is -0.109. The van der Waals surface area contributed by atoms with Crippen LogP contribution in [-0.2, 0) is 22.6 Å². The van der Waals surface area contributed by atoms with Crippen LogP contribution in [0.2, 0.25) is 0 Å². The molecule has 1 unspecified atom stereocenters. The third-order valence-corrected chi connectivity index (χ3v) is 9.99. The third kappa shape index (κ3) is 6.73. The fourth-order valence-electron chi connectivity index (χ4n) is 6.99. The number of morpholine rings is 1. The number of thiazole rings is 1. The number of nitrogens with zero attached hydrogens (tertiary/aromatic N) is 4. The molecule has 1 saturated carbocycles. The van der Waals surface area contributed by atoms with Gasteiger partial charge in [0.2, 0.25) is 0 Å². The van der Waals surface area contributed by atoms with Gasteiger partial charge in [0.05, 0.1) is 36.6 Å². The monoisotopic (exact) mass is 604 g/mol. The summed E-state index contributed by atoms with van der Waals surface area (Å²) in [5.41, 5.74) is 5.47. The minimum atomic E-state index is -1.24. The summed E-state index contributed by atoms with van der Waals surface area (Å²) in [6.45, 7) is 7.61. The summed E-state index contributed by atoms with van der Waals surface area (Å²) in [4.78, 5) is 9.65. The SMILES string of the molecule is COCC1CN(Cc2ccc(COc3ccc(C)cc3-c3csc(N4C[C@@H]5CC[C@@H](C4)C5C(O)O)n3)c(C#N)c2)CCO1. The molecule has 43 heavy (non-hydrogen) atoms. The maximum Gasteiger partial charge on any atom is 0.185 e. The van der Waals surface area contributed by atoms with Gasteiger partial charge in [-0.2, -0.15) is 5.26 Å². The van der Waals surface area contributed by atoms with E-state index in [4.69, 9.17) is 19.2 Å². The summed E-state index contributed by atoms with van der Waals surface area (Å²) < 4.78 is 17.4. The molecule has 228 valence electrons. The van der Waals surface area contributed by atoms with Crippen molar-refractivity contribution in [1.82, 2.24) is 9.88 Å². The summed E-state index contributed by atoms with van der Waals surface area (Å²) in [6.07, 6.45) is 0.896. The predicted octanol–water partition coefficient (Wildman–Crippen LogP) is 4.19. The molecule has 2 aromatic carbocycles. The first-order valence-corrected chi connectivity index (χ1v) is 15.9. The van der Waals surface area contributed by atoms with Gasteiger partial charge >= 0.3 is 0 Å². The Kier molecular flexibility index (Phi) is 9.28. The molecule has 3 aromatic rings. The maximum absolute atomic E-state index is 9.95. The van der Waals surface area contributed by atoms with Crippen LogP contribution in [0.3, 0.4) is 0 Å². The number of methoxy groups -OCH3 is 1. The van der Waals surface area contributed by atoms with Crippen LogP contribution in [0.1, 0.15) is 35.1 Å². The van der Waals surface area contributed by atoms with E-state index >= 15 is 0 Å². The molecule has 0 amide bonds. The molecule has 2 aliphatic heterocycles. The van der Waals surface area contributed by atoms with Crippen molar-refractivity contribution < 1.29 is 24.4 Å². The van der Waals surface area contributed by atoms with E-state index in [9.17, 15) is 15.5 Å². The molecule has 3 aliphatic rings. The summed E-state index contributed by atoms with van der Waals surface area (Å²) in [5, 5.41) is 32.7. The molecule has 1 aliphatic carbocycles. The van der Waals surface area contributed by atoms with Gasteiger partial charge in [-0.05, 0) is 55.4 Å². The second-order valence-electron chi connectivity index (χ2n) is 12.1. The molecular formula is C33H40N4O5S. The molecule has 1 aromatic heterocycles. The Morgan fingerprint density at radius 1 is 1.14 bits per heavy atom. The number of hydrogen-bond donors (Lipinski definition) is 2. The van der Waals surface area contributed by atoms with Crippen molar-refractivity contribution in [3.8, 4) is 23.1 Å². The Labute approximate surface area is 257 Å². The van der Waals surface area contributed by atoms with E-state index in [-0.39, 0.29) is 30.5 Å². The lowest BCUT2D eigenvalue weighted by atomic mass is 9.85. The number of nitriles is 1. The molecule has 3 fully saturated rings. The molecule has 2 N–H and O–H groups in total. The molecule has 10 heteroatoms. The number of anilines is 1. The molecular weight excluding hydrogens is 564 g/mol. The average Bonchev–Trinajstić information content (AvgIpc) is 3.60. The number of aromatic nitrogens is 1. The number of aryl methyl sites for hydroxylation is 1. The molecule has 3 heterocycles. The Bertz CT molecular complexity index is 1440. The van der Waals surface area contributed by atoms with Crippen LogP contribution in [0.25, 0.3) is 11.3 Å². The van der Waals surface area contributed by atoms with Crippen LogP contribution >= 0.6 is 11.3 Å². The number of fused-ring (bicyclic) bond motifs is 2. The molecule has 3 atom stereocenters. The zero-order chi connectivity index (χ0) is 29.9. The number of hydrogen-bond acceptors (Lipinski definition) is 10. The van der Waals surface area contributed by atoms with Gasteiger partial charge in [-0.25, -0.2) is 4.98 Å². The van der Waals surface area contributed by atoms with Gasteiger partial charge in [0, 0.05) is 62.3 Å². The van der Waals surface area contributed by atoms with Crippen molar-refractivity contribution in [2.45, 2.75) is 45.3 Å². The van der Waals surface area contributed by atoms with Crippen molar-refractivity contribution in [1.29, 1.82) is 5.26 Å². The number of ether oxygens (including phenoxy) is 3. The lowest BCUT2D eigenvalue weighted by Gasteiger charge is -2.38. The largest absolute Gasteiger partial charge is 0.488 e. The van der Waals surface area contributed by atoms with E-state index in [1.807, 2.05) is 24.3 Å². The molecule has 0 spiro atoms. The molecule has 2 saturated heterocycles. The van der Waals surface area contributed by atoms with Crippen LogP contribution in [0.4, 0.5) is 5.13 Å². The number of aliphatic hydroxyl groups excluding tert-OH is 1. The zero-order valence-corrected chi connectivity index (χ0v) is 25.6. The zero-order valence-electron chi connectivity index (χ0n) is 24.8. The average molecular weight is 605 g/mol. The topological polar surface area (TPSA) is 111 Å². The van der Waals surface area contributed by atoms with E-state index in [1.165, 1.54) is 0 Å². The quantitative estimate of drug-likeness (QED) is 0.329. The van der Waals surface area contributed by atoms with Crippen LogP contribution in [-0.4, -0.2) is 79.0 Å². The van der Waals surface area contributed by atoms with Gasteiger partial charge in [0.25, 0.3) is 0 Å². The molecule has 9 nitrogen and oxygen atoms in total. The summed E-state index contributed by atoms with van der Waals surface area (Å²) >= 11 is 1.62. The highest BCUT2D eigenvalue weighted by Gasteiger charge is 2.45. The highest BCUT2D eigenvalue weighted by atomic mass is 32.1. The van der Waals surface area contributed by atoms with Gasteiger partial charge in [-0.1, -0.05) is 23.8 Å². The van der Waals surface area contributed by atoms with Crippen LogP contribution < -0.4 is 9.64 Å². The number of benzene rings is 2. The molecule has 6 rings (SSSR count). The fraction of sp³-hybridized carbons (Fsp3) is 0.515. The second-order valence-corrected chi connectivity index (χ2v) is 12.9. The minimum Gasteiger partial charge on any atom is -0.488 e. The van der Waals surface area contributed by atoms with E-state index in [0.29, 0.717) is 18.8 Å². The van der Waals surface area contributed by atoms with Crippen molar-refractivity contribution in [3.63, 3.8) is 0 Å². The first-order chi connectivity index (χ1) is 20.9. The predicted molar refractivity (Wildman–Crippen MR) is 165 cm³/mol.